The molecule has 0 bridgehead atoms. The predicted molar refractivity (Wildman–Crippen MR) is 75.2 cm³/mol. The number of aromatic nitrogens is 1. The molecular formula is C15H23N3O. The summed E-state index contributed by atoms with van der Waals surface area (Å²) in [7, 11) is 1.88. The van der Waals surface area contributed by atoms with E-state index >= 15 is 0 Å². The van der Waals surface area contributed by atoms with E-state index in [-0.39, 0.29) is 11.8 Å². The average Bonchev–Trinajstić information content (AvgIpc) is 2.47. The first-order chi connectivity index (χ1) is 9.22. The second-order valence-electron chi connectivity index (χ2n) is 5.44. The fourth-order valence-electron chi connectivity index (χ4n) is 2.94. The number of carbonyl (C=O) groups is 1. The van der Waals surface area contributed by atoms with Crippen LogP contribution in [-0.4, -0.2) is 29.4 Å². The maximum atomic E-state index is 12.5. The van der Waals surface area contributed by atoms with Gasteiger partial charge in [0.05, 0.1) is 0 Å². The van der Waals surface area contributed by atoms with Gasteiger partial charge in [-0.05, 0) is 43.0 Å². The fraction of sp³-hybridized carbons (Fsp3) is 0.600. The summed E-state index contributed by atoms with van der Waals surface area (Å²) in [6.07, 6.45) is 7.96. The van der Waals surface area contributed by atoms with Gasteiger partial charge >= 0.3 is 0 Å². The van der Waals surface area contributed by atoms with Crippen molar-refractivity contribution < 1.29 is 4.79 Å². The van der Waals surface area contributed by atoms with Crippen LogP contribution in [0.2, 0.25) is 0 Å². The van der Waals surface area contributed by atoms with Gasteiger partial charge in [0.25, 0.3) is 0 Å². The number of rotatable bonds is 4. The summed E-state index contributed by atoms with van der Waals surface area (Å²) in [5, 5.41) is 0. The Hall–Kier alpha value is -1.42. The van der Waals surface area contributed by atoms with Crippen LogP contribution in [0.15, 0.2) is 24.5 Å². The third-order valence-electron chi connectivity index (χ3n) is 4.07. The van der Waals surface area contributed by atoms with E-state index in [0.29, 0.717) is 19.0 Å². The summed E-state index contributed by atoms with van der Waals surface area (Å²) in [5.74, 6) is 0.721. The molecular weight excluding hydrogens is 238 g/mol. The molecule has 2 atom stereocenters. The Morgan fingerprint density at radius 2 is 2.05 bits per heavy atom. The molecule has 1 aliphatic rings. The quantitative estimate of drug-likeness (QED) is 0.899. The highest BCUT2D eigenvalue weighted by Crippen LogP contribution is 2.30. The Balaban J connectivity index is 1.98. The van der Waals surface area contributed by atoms with Crippen molar-refractivity contribution in [3.05, 3.63) is 30.1 Å². The zero-order chi connectivity index (χ0) is 13.7. The van der Waals surface area contributed by atoms with E-state index < -0.39 is 0 Å². The number of hydrogen-bond acceptors (Lipinski definition) is 3. The molecule has 1 saturated carbocycles. The monoisotopic (exact) mass is 261 g/mol. The lowest BCUT2D eigenvalue weighted by atomic mass is 9.78. The molecule has 2 rings (SSSR count). The molecule has 0 aliphatic heterocycles. The Morgan fingerprint density at radius 3 is 2.74 bits per heavy atom. The highest BCUT2D eigenvalue weighted by atomic mass is 16.2. The van der Waals surface area contributed by atoms with Crippen LogP contribution in [0.4, 0.5) is 0 Å². The van der Waals surface area contributed by atoms with Crippen LogP contribution < -0.4 is 5.73 Å². The first-order valence-corrected chi connectivity index (χ1v) is 7.06. The summed E-state index contributed by atoms with van der Waals surface area (Å²) >= 11 is 0. The molecule has 0 saturated heterocycles. The van der Waals surface area contributed by atoms with Crippen LogP contribution in [0.25, 0.3) is 0 Å². The standard InChI is InChI=1S/C15H23N3O/c1-18(11-12-6-8-17-9-7-12)15(19)14-5-3-2-4-13(14)10-16/h6-9,13-14H,2-5,10-11,16H2,1H3. The van der Waals surface area contributed by atoms with Crippen LogP contribution in [-0.2, 0) is 11.3 Å². The molecule has 2 unspecified atom stereocenters. The molecule has 4 nitrogen and oxygen atoms in total. The van der Waals surface area contributed by atoms with Crippen molar-refractivity contribution in [3.63, 3.8) is 0 Å². The Morgan fingerprint density at radius 1 is 1.37 bits per heavy atom. The molecule has 4 heteroatoms. The second-order valence-corrected chi connectivity index (χ2v) is 5.44. The fourth-order valence-corrected chi connectivity index (χ4v) is 2.94. The average molecular weight is 261 g/mol. The first kappa shape index (κ1) is 14.0. The van der Waals surface area contributed by atoms with Gasteiger partial charge in [-0.15, -0.1) is 0 Å². The number of amides is 1. The Bertz CT molecular complexity index is 407. The number of pyridine rings is 1. The summed E-state index contributed by atoms with van der Waals surface area (Å²) in [5.41, 5.74) is 6.92. The van der Waals surface area contributed by atoms with Crippen molar-refractivity contribution >= 4 is 5.91 Å². The highest BCUT2D eigenvalue weighted by Gasteiger charge is 2.31. The number of hydrogen-bond donors (Lipinski definition) is 1. The Kier molecular flexibility index (Phi) is 4.91. The van der Waals surface area contributed by atoms with Crippen LogP contribution in [0.5, 0.6) is 0 Å². The lowest BCUT2D eigenvalue weighted by molar-refractivity contribution is -0.137. The SMILES string of the molecule is CN(Cc1ccncc1)C(=O)C1CCCCC1CN. The van der Waals surface area contributed by atoms with Gasteiger partial charge in [-0.1, -0.05) is 12.8 Å². The Labute approximate surface area is 115 Å². The van der Waals surface area contributed by atoms with E-state index in [9.17, 15) is 4.79 Å². The van der Waals surface area contributed by atoms with Crippen molar-refractivity contribution in [2.45, 2.75) is 32.2 Å². The molecule has 1 fully saturated rings. The van der Waals surface area contributed by atoms with E-state index in [1.807, 2.05) is 24.1 Å². The van der Waals surface area contributed by atoms with Crippen LogP contribution in [0.1, 0.15) is 31.2 Å². The maximum absolute atomic E-state index is 12.5. The third-order valence-corrected chi connectivity index (χ3v) is 4.07. The van der Waals surface area contributed by atoms with Gasteiger partial charge in [-0.2, -0.15) is 0 Å². The summed E-state index contributed by atoms with van der Waals surface area (Å²) in [6.45, 7) is 1.27. The van der Waals surface area contributed by atoms with Crippen molar-refractivity contribution in [1.82, 2.24) is 9.88 Å². The van der Waals surface area contributed by atoms with E-state index in [4.69, 9.17) is 5.73 Å². The zero-order valence-electron chi connectivity index (χ0n) is 11.6. The third kappa shape index (κ3) is 3.53. The van der Waals surface area contributed by atoms with Gasteiger partial charge in [0, 0.05) is 31.9 Å². The van der Waals surface area contributed by atoms with Gasteiger partial charge in [0.15, 0.2) is 0 Å². The molecule has 1 aliphatic carbocycles. The number of carbonyl (C=O) groups excluding carboxylic acids is 1. The first-order valence-electron chi connectivity index (χ1n) is 7.06. The van der Waals surface area contributed by atoms with Gasteiger partial charge in [-0.3, -0.25) is 9.78 Å². The highest BCUT2D eigenvalue weighted by molar-refractivity contribution is 5.79. The van der Waals surface area contributed by atoms with E-state index in [2.05, 4.69) is 4.98 Å². The lowest BCUT2D eigenvalue weighted by Gasteiger charge is -2.32. The van der Waals surface area contributed by atoms with Gasteiger partial charge < -0.3 is 10.6 Å². The lowest BCUT2D eigenvalue weighted by Crippen LogP contribution is -2.40. The normalized spacial score (nSPS) is 23.1. The minimum atomic E-state index is 0.116. The van der Waals surface area contributed by atoms with E-state index in [1.165, 1.54) is 6.42 Å². The largest absolute Gasteiger partial charge is 0.341 e. The summed E-state index contributed by atoms with van der Waals surface area (Å²) in [6, 6.07) is 3.90. The zero-order valence-corrected chi connectivity index (χ0v) is 11.6. The minimum Gasteiger partial charge on any atom is -0.341 e. The molecule has 0 spiro atoms. The molecule has 0 radical (unpaired) electrons. The van der Waals surface area contributed by atoms with Gasteiger partial charge in [-0.25, -0.2) is 0 Å². The predicted octanol–water partition coefficient (Wildman–Crippen LogP) is 1.81. The maximum Gasteiger partial charge on any atom is 0.226 e. The topological polar surface area (TPSA) is 59.2 Å². The van der Waals surface area contributed by atoms with Crippen LogP contribution >= 0.6 is 0 Å². The molecule has 1 aromatic heterocycles. The molecule has 19 heavy (non-hydrogen) atoms. The minimum absolute atomic E-state index is 0.116. The van der Waals surface area contributed by atoms with Gasteiger partial charge in [0.2, 0.25) is 5.91 Å². The van der Waals surface area contributed by atoms with Crippen LogP contribution in [0.3, 0.4) is 0 Å². The summed E-state index contributed by atoms with van der Waals surface area (Å²) < 4.78 is 0. The molecule has 1 amide bonds. The second kappa shape index (κ2) is 6.66. The van der Waals surface area contributed by atoms with Crippen molar-refractivity contribution in [2.24, 2.45) is 17.6 Å². The van der Waals surface area contributed by atoms with Gasteiger partial charge in [0.1, 0.15) is 0 Å². The van der Waals surface area contributed by atoms with Crippen molar-refractivity contribution in [1.29, 1.82) is 0 Å². The number of nitrogens with zero attached hydrogens (tertiary/aromatic N) is 2. The molecule has 104 valence electrons. The van der Waals surface area contributed by atoms with Crippen LogP contribution in [0, 0.1) is 11.8 Å². The smallest absolute Gasteiger partial charge is 0.226 e. The van der Waals surface area contributed by atoms with Crippen molar-refractivity contribution in [2.75, 3.05) is 13.6 Å². The molecule has 2 N–H and O–H groups in total. The molecule has 1 heterocycles. The molecule has 0 aromatic carbocycles. The molecule has 1 aromatic rings. The van der Waals surface area contributed by atoms with E-state index in [0.717, 1.165) is 24.8 Å². The number of nitrogens with two attached hydrogens (primary N) is 1. The van der Waals surface area contributed by atoms with Crippen molar-refractivity contribution in [3.8, 4) is 0 Å². The van der Waals surface area contributed by atoms with E-state index in [1.54, 1.807) is 12.4 Å². The summed E-state index contributed by atoms with van der Waals surface area (Å²) in [4.78, 5) is 18.3.